The zero-order valence-corrected chi connectivity index (χ0v) is 20.9. The van der Waals surface area contributed by atoms with E-state index in [0.29, 0.717) is 17.2 Å². The van der Waals surface area contributed by atoms with E-state index in [4.69, 9.17) is 4.74 Å². The first-order valence-corrected chi connectivity index (χ1v) is 11.7. The lowest BCUT2D eigenvalue weighted by molar-refractivity contribution is -0.142. The molecule has 32 heavy (non-hydrogen) atoms. The lowest BCUT2D eigenvalue weighted by Crippen LogP contribution is -2.50. The third kappa shape index (κ3) is 7.05. The lowest BCUT2D eigenvalue weighted by atomic mass is 10.0. The van der Waals surface area contributed by atoms with Gasteiger partial charge in [0.25, 0.3) is 5.91 Å². The summed E-state index contributed by atoms with van der Waals surface area (Å²) in [6.45, 7) is 9.40. The molecule has 0 spiro atoms. The first-order chi connectivity index (χ1) is 15.1. The van der Waals surface area contributed by atoms with Crippen molar-refractivity contribution in [2.45, 2.75) is 65.6 Å². The molecular weight excluding hydrogens is 475 g/mol. The van der Waals surface area contributed by atoms with E-state index in [9.17, 15) is 14.0 Å². The topological polar surface area (TPSA) is 58.6 Å². The first kappa shape index (κ1) is 25.8. The van der Waals surface area contributed by atoms with Crippen molar-refractivity contribution in [2.75, 3.05) is 6.61 Å². The van der Waals surface area contributed by atoms with Gasteiger partial charge in [-0.05, 0) is 65.9 Å². The fraction of sp³-hybridized carbons (Fsp3) is 0.440. The normalized spacial score (nSPS) is 12.9. The molecule has 0 aromatic heterocycles. The monoisotopic (exact) mass is 506 g/mol. The minimum Gasteiger partial charge on any atom is -0.483 e. The Kier molecular flexibility index (Phi) is 9.69. The minimum absolute atomic E-state index is 0.0259. The molecule has 2 amide bonds. The van der Waals surface area contributed by atoms with Crippen molar-refractivity contribution >= 4 is 27.7 Å². The highest BCUT2D eigenvalue weighted by molar-refractivity contribution is 9.10. The van der Waals surface area contributed by atoms with Crippen molar-refractivity contribution < 1.29 is 18.7 Å². The molecule has 174 valence electrons. The summed E-state index contributed by atoms with van der Waals surface area (Å²) < 4.78 is 20.8. The maximum Gasteiger partial charge on any atom is 0.261 e. The molecule has 0 aliphatic carbocycles. The van der Waals surface area contributed by atoms with Crippen LogP contribution in [0.5, 0.6) is 5.75 Å². The Hall–Kier alpha value is -2.41. The minimum atomic E-state index is -0.786. The van der Waals surface area contributed by atoms with Crippen molar-refractivity contribution in [3.05, 3.63) is 63.9 Å². The molecule has 0 heterocycles. The summed E-state index contributed by atoms with van der Waals surface area (Å²) in [6.07, 6.45) is 0.767. The first-order valence-electron chi connectivity index (χ1n) is 10.9. The van der Waals surface area contributed by atoms with Gasteiger partial charge in [0, 0.05) is 18.2 Å². The van der Waals surface area contributed by atoms with E-state index < -0.39 is 17.8 Å². The van der Waals surface area contributed by atoms with E-state index in [1.165, 1.54) is 11.0 Å². The van der Waals surface area contributed by atoms with E-state index in [2.05, 4.69) is 35.1 Å². The van der Waals surface area contributed by atoms with E-state index in [-0.39, 0.29) is 25.1 Å². The quantitative estimate of drug-likeness (QED) is 0.467. The molecule has 0 bridgehead atoms. The fourth-order valence-electron chi connectivity index (χ4n) is 3.07. The SMILES string of the molecule is CC[C@@H](C)NC(=O)[C@H](C)N(Cc1ccccc1F)C(=O)COc1ccc(C(C)C)cc1Br. The Morgan fingerprint density at radius 3 is 2.41 bits per heavy atom. The molecule has 0 saturated carbocycles. The molecule has 0 unspecified atom stereocenters. The van der Waals surface area contributed by atoms with Crippen molar-refractivity contribution in [3.63, 3.8) is 0 Å². The van der Waals surface area contributed by atoms with Crippen molar-refractivity contribution in [1.82, 2.24) is 10.2 Å². The van der Waals surface area contributed by atoms with Crippen molar-refractivity contribution in [2.24, 2.45) is 0 Å². The highest BCUT2D eigenvalue weighted by Gasteiger charge is 2.28. The standard InChI is InChI=1S/C25H32BrFN2O3/c1-6-17(4)28-25(31)18(5)29(14-20-9-7-8-10-22(20)27)24(30)15-32-23-12-11-19(16(2)3)13-21(23)26/h7-13,16-18H,6,14-15H2,1-5H3,(H,28,31)/t17-,18+/m1/s1. The number of rotatable bonds is 10. The third-order valence-electron chi connectivity index (χ3n) is 5.44. The number of carbonyl (C=O) groups is 2. The molecule has 2 aromatic carbocycles. The predicted octanol–water partition coefficient (Wildman–Crippen LogP) is 5.42. The molecule has 1 N–H and O–H groups in total. The van der Waals surface area contributed by atoms with E-state index in [1.54, 1.807) is 25.1 Å². The second-order valence-corrected chi connectivity index (χ2v) is 9.09. The van der Waals surface area contributed by atoms with Gasteiger partial charge in [0.05, 0.1) is 4.47 Å². The fourth-order valence-corrected chi connectivity index (χ4v) is 3.58. The molecule has 2 rings (SSSR count). The number of hydrogen-bond acceptors (Lipinski definition) is 3. The van der Waals surface area contributed by atoms with Gasteiger partial charge in [-0.2, -0.15) is 0 Å². The lowest BCUT2D eigenvalue weighted by Gasteiger charge is -2.29. The number of halogens is 2. The van der Waals surface area contributed by atoms with Crippen molar-refractivity contribution in [3.8, 4) is 5.75 Å². The van der Waals surface area contributed by atoms with Gasteiger partial charge < -0.3 is 15.0 Å². The molecule has 0 fully saturated rings. The summed E-state index contributed by atoms with van der Waals surface area (Å²) in [4.78, 5) is 27.2. The summed E-state index contributed by atoms with van der Waals surface area (Å²) >= 11 is 3.49. The Labute approximate surface area is 198 Å². The molecule has 2 atom stereocenters. The zero-order chi connectivity index (χ0) is 23.8. The van der Waals surface area contributed by atoms with Crippen LogP contribution >= 0.6 is 15.9 Å². The smallest absolute Gasteiger partial charge is 0.261 e. The van der Waals surface area contributed by atoms with Gasteiger partial charge in [-0.15, -0.1) is 0 Å². The van der Waals surface area contributed by atoms with Gasteiger partial charge in [0.1, 0.15) is 17.6 Å². The molecule has 7 heteroatoms. The summed E-state index contributed by atoms with van der Waals surface area (Å²) in [5.74, 6) is -0.215. The number of nitrogens with one attached hydrogen (secondary N) is 1. The Balaban J connectivity index is 2.19. The highest BCUT2D eigenvalue weighted by Crippen LogP contribution is 2.29. The third-order valence-corrected chi connectivity index (χ3v) is 6.06. The second-order valence-electron chi connectivity index (χ2n) is 8.24. The summed E-state index contributed by atoms with van der Waals surface area (Å²) in [7, 11) is 0. The summed E-state index contributed by atoms with van der Waals surface area (Å²) in [5, 5.41) is 2.89. The van der Waals surface area contributed by atoms with Gasteiger partial charge in [-0.3, -0.25) is 9.59 Å². The molecule has 0 aliphatic heterocycles. The van der Waals surface area contributed by atoms with Gasteiger partial charge in [-0.1, -0.05) is 45.0 Å². The van der Waals surface area contributed by atoms with E-state index in [1.807, 2.05) is 32.0 Å². The van der Waals surface area contributed by atoms with Crippen LogP contribution in [0.25, 0.3) is 0 Å². The molecule has 0 saturated heterocycles. The molecule has 5 nitrogen and oxygen atoms in total. The number of nitrogens with zero attached hydrogens (tertiary/aromatic N) is 1. The zero-order valence-electron chi connectivity index (χ0n) is 19.3. The van der Waals surface area contributed by atoms with Gasteiger partial charge >= 0.3 is 0 Å². The highest BCUT2D eigenvalue weighted by atomic mass is 79.9. The Morgan fingerprint density at radius 1 is 1.12 bits per heavy atom. The summed E-state index contributed by atoms with van der Waals surface area (Å²) in [5.41, 5.74) is 1.48. The van der Waals surface area contributed by atoms with Crippen LogP contribution in [0.2, 0.25) is 0 Å². The molecule has 0 aliphatic rings. The maximum absolute atomic E-state index is 14.3. The summed E-state index contributed by atoms with van der Waals surface area (Å²) in [6, 6.07) is 11.2. The second kappa shape index (κ2) is 12.0. The van der Waals surface area contributed by atoms with Gasteiger partial charge in [0.2, 0.25) is 5.91 Å². The number of ether oxygens (including phenoxy) is 1. The van der Waals surface area contributed by atoms with Crippen LogP contribution in [0.1, 0.15) is 58.1 Å². The van der Waals surface area contributed by atoms with Crippen LogP contribution in [-0.2, 0) is 16.1 Å². The number of amides is 2. The molecule has 2 aromatic rings. The van der Waals surface area contributed by atoms with Crippen LogP contribution in [0.15, 0.2) is 46.9 Å². The Morgan fingerprint density at radius 2 is 1.81 bits per heavy atom. The van der Waals surface area contributed by atoms with Crippen LogP contribution in [0.4, 0.5) is 4.39 Å². The Bertz CT molecular complexity index is 935. The van der Waals surface area contributed by atoms with Gasteiger partial charge in [-0.25, -0.2) is 4.39 Å². The van der Waals surface area contributed by atoms with Crippen LogP contribution in [-0.4, -0.2) is 35.4 Å². The van der Waals surface area contributed by atoms with E-state index >= 15 is 0 Å². The van der Waals surface area contributed by atoms with Crippen LogP contribution < -0.4 is 10.1 Å². The van der Waals surface area contributed by atoms with Gasteiger partial charge in [0.15, 0.2) is 6.61 Å². The predicted molar refractivity (Wildman–Crippen MR) is 128 cm³/mol. The number of benzene rings is 2. The maximum atomic E-state index is 14.3. The van der Waals surface area contributed by atoms with E-state index in [0.717, 1.165) is 16.5 Å². The van der Waals surface area contributed by atoms with Crippen molar-refractivity contribution in [1.29, 1.82) is 0 Å². The number of carbonyl (C=O) groups excluding carboxylic acids is 2. The molecular formula is C25H32BrFN2O3. The van der Waals surface area contributed by atoms with Crippen LogP contribution in [0.3, 0.4) is 0 Å². The number of hydrogen-bond donors (Lipinski definition) is 1. The van der Waals surface area contributed by atoms with Crippen LogP contribution in [0, 0.1) is 5.82 Å². The average Bonchev–Trinajstić information content (AvgIpc) is 2.76. The average molecular weight is 507 g/mol. The molecule has 0 radical (unpaired) electrons. The largest absolute Gasteiger partial charge is 0.483 e.